The third-order valence-electron chi connectivity index (χ3n) is 3.33. The van der Waals surface area contributed by atoms with Crippen LogP contribution in [-0.2, 0) is 0 Å². The number of aromatic nitrogens is 1. The smallest absolute Gasteiger partial charge is 0.254 e. The van der Waals surface area contributed by atoms with Crippen molar-refractivity contribution in [3.8, 4) is 0 Å². The second kappa shape index (κ2) is 6.76. The van der Waals surface area contributed by atoms with Crippen LogP contribution in [0.5, 0.6) is 0 Å². The van der Waals surface area contributed by atoms with E-state index in [1.165, 1.54) is 0 Å². The van der Waals surface area contributed by atoms with Crippen molar-refractivity contribution in [2.45, 2.75) is 26.7 Å². The maximum Gasteiger partial charge on any atom is 0.254 e. The molecule has 0 unspecified atom stereocenters. The minimum atomic E-state index is -1.74. The summed E-state index contributed by atoms with van der Waals surface area (Å²) in [6.45, 7) is 5.70. The lowest BCUT2D eigenvalue weighted by Crippen LogP contribution is -2.07. The zero-order valence-electron chi connectivity index (χ0n) is 12.8. The summed E-state index contributed by atoms with van der Waals surface area (Å²) < 4.78 is 52.9. The van der Waals surface area contributed by atoms with Crippen LogP contribution in [0.15, 0.2) is 29.4 Å². The maximum atomic E-state index is 13.5. The second-order valence-electron chi connectivity index (χ2n) is 5.28. The van der Waals surface area contributed by atoms with Gasteiger partial charge in [-0.1, -0.05) is 38.1 Å². The fourth-order valence-electron chi connectivity index (χ4n) is 1.90. The molecule has 1 aromatic carbocycles. The normalized spacial score (nSPS) is 11.9. The third kappa shape index (κ3) is 3.67. The molecule has 2 rings (SSSR count). The summed E-state index contributed by atoms with van der Waals surface area (Å²) in [6, 6.07) is 7.42. The largest absolute Gasteiger partial charge is 0.272 e. The summed E-state index contributed by atoms with van der Waals surface area (Å²) in [6.07, 6.45) is 0. The number of hydrazone groups is 1. The molecule has 122 valence electrons. The number of anilines is 1. The first-order valence-electron chi connectivity index (χ1n) is 6.92. The van der Waals surface area contributed by atoms with E-state index in [0.717, 1.165) is 5.56 Å². The van der Waals surface area contributed by atoms with Crippen LogP contribution in [0.3, 0.4) is 0 Å². The number of nitrogens with zero attached hydrogens (tertiary/aromatic N) is 2. The SMILES string of the molecule is C/C(=N/Nc1c(F)c(F)nc(F)c1F)c1ccc(C(C)C)cc1. The van der Waals surface area contributed by atoms with Crippen molar-refractivity contribution in [2.24, 2.45) is 5.10 Å². The molecule has 1 heterocycles. The van der Waals surface area contributed by atoms with Gasteiger partial charge in [-0.3, -0.25) is 5.43 Å². The predicted molar refractivity (Wildman–Crippen MR) is 80.4 cm³/mol. The van der Waals surface area contributed by atoms with Gasteiger partial charge in [0.05, 0.1) is 5.71 Å². The first kappa shape index (κ1) is 16.9. The Morgan fingerprint density at radius 2 is 1.52 bits per heavy atom. The molecular formula is C16H15F4N3. The van der Waals surface area contributed by atoms with Gasteiger partial charge >= 0.3 is 0 Å². The minimum Gasteiger partial charge on any atom is -0.272 e. The second-order valence-corrected chi connectivity index (χ2v) is 5.28. The van der Waals surface area contributed by atoms with Crippen molar-refractivity contribution < 1.29 is 17.6 Å². The van der Waals surface area contributed by atoms with E-state index in [0.29, 0.717) is 17.2 Å². The summed E-state index contributed by atoms with van der Waals surface area (Å²) >= 11 is 0. The Kier molecular flexibility index (Phi) is 4.98. The molecular weight excluding hydrogens is 310 g/mol. The van der Waals surface area contributed by atoms with Crippen LogP contribution in [0, 0.1) is 23.5 Å². The van der Waals surface area contributed by atoms with Crippen molar-refractivity contribution in [3.05, 3.63) is 58.9 Å². The zero-order chi connectivity index (χ0) is 17.1. The van der Waals surface area contributed by atoms with Crippen LogP contribution in [0.25, 0.3) is 0 Å². The van der Waals surface area contributed by atoms with Gasteiger partial charge in [0.15, 0.2) is 0 Å². The van der Waals surface area contributed by atoms with E-state index >= 15 is 0 Å². The van der Waals surface area contributed by atoms with Gasteiger partial charge in [-0.2, -0.15) is 27.6 Å². The number of pyridine rings is 1. The molecule has 1 aromatic heterocycles. The van der Waals surface area contributed by atoms with E-state index < -0.39 is 29.2 Å². The Morgan fingerprint density at radius 3 is 2.00 bits per heavy atom. The van der Waals surface area contributed by atoms with Gasteiger partial charge in [0, 0.05) is 0 Å². The molecule has 0 radical (unpaired) electrons. The van der Waals surface area contributed by atoms with E-state index in [9.17, 15) is 17.6 Å². The Hall–Kier alpha value is -2.44. The van der Waals surface area contributed by atoms with Crippen LogP contribution in [0.4, 0.5) is 23.2 Å². The summed E-state index contributed by atoms with van der Waals surface area (Å²) in [5, 5.41) is 3.77. The summed E-state index contributed by atoms with van der Waals surface area (Å²) in [7, 11) is 0. The highest BCUT2D eigenvalue weighted by molar-refractivity contribution is 5.99. The van der Waals surface area contributed by atoms with Crippen molar-refractivity contribution >= 4 is 11.4 Å². The van der Waals surface area contributed by atoms with Gasteiger partial charge in [0.25, 0.3) is 11.9 Å². The number of rotatable bonds is 4. The molecule has 1 N–H and O–H groups in total. The standard InChI is InChI=1S/C16H15F4N3/c1-8(2)10-4-6-11(7-5-10)9(3)22-23-14-12(17)15(19)21-16(20)13(14)18/h4-8H,1-3H3,(H,21,23)/b22-9-. The number of hydrogen-bond donors (Lipinski definition) is 1. The lowest BCUT2D eigenvalue weighted by Gasteiger charge is -2.08. The Labute approximate surface area is 131 Å². The van der Waals surface area contributed by atoms with E-state index in [-0.39, 0.29) is 0 Å². The molecule has 0 aliphatic rings. The van der Waals surface area contributed by atoms with Gasteiger partial charge in [0.1, 0.15) is 5.69 Å². The number of hydrogen-bond acceptors (Lipinski definition) is 3. The average Bonchev–Trinajstić information content (AvgIpc) is 2.53. The van der Waals surface area contributed by atoms with Crippen LogP contribution < -0.4 is 5.43 Å². The lowest BCUT2D eigenvalue weighted by atomic mass is 10.0. The first-order valence-corrected chi connectivity index (χ1v) is 6.92. The molecule has 0 fully saturated rings. The minimum absolute atomic E-state index is 0.366. The van der Waals surface area contributed by atoms with Crippen molar-refractivity contribution in [1.29, 1.82) is 0 Å². The predicted octanol–water partition coefficient (Wildman–Crippen LogP) is 4.60. The zero-order valence-corrected chi connectivity index (χ0v) is 12.8. The first-order chi connectivity index (χ1) is 10.8. The molecule has 0 bridgehead atoms. The number of benzene rings is 1. The van der Waals surface area contributed by atoms with E-state index in [4.69, 9.17) is 0 Å². The molecule has 0 atom stereocenters. The van der Waals surface area contributed by atoms with Crippen LogP contribution in [0.2, 0.25) is 0 Å². The monoisotopic (exact) mass is 325 g/mol. The number of nitrogens with one attached hydrogen (secondary N) is 1. The molecule has 0 aliphatic carbocycles. The van der Waals surface area contributed by atoms with Crippen molar-refractivity contribution in [3.63, 3.8) is 0 Å². The molecule has 0 spiro atoms. The highest BCUT2D eigenvalue weighted by Gasteiger charge is 2.20. The number of halogens is 4. The van der Waals surface area contributed by atoms with Gasteiger partial charge < -0.3 is 0 Å². The molecule has 7 heteroatoms. The fourth-order valence-corrected chi connectivity index (χ4v) is 1.90. The van der Waals surface area contributed by atoms with Crippen molar-refractivity contribution in [2.75, 3.05) is 5.43 Å². The molecule has 0 saturated heterocycles. The summed E-state index contributed by atoms with van der Waals surface area (Å²) in [5.41, 5.74) is 3.23. The fraction of sp³-hybridized carbons (Fsp3) is 0.250. The van der Waals surface area contributed by atoms with Crippen LogP contribution in [-0.4, -0.2) is 10.7 Å². The Bertz CT molecular complexity index is 714. The topological polar surface area (TPSA) is 37.3 Å². The van der Waals surface area contributed by atoms with E-state index in [1.54, 1.807) is 19.1 Å². The molecule has 0 saturated carbocycles. The maximum absolute atomic E-state index is 13.5. The van der Waals surface area contributed by atoms with Crippen LogP contribution >= 0.6 is 0 Å². The van der Waals surface area contributed by atoms with Gasteiger partial charge in [-0.15, -0.1) is 0 Å². The molecule has 0 aliphatic heterocycles. The van der Waals surface area contributed by atoms with E-state index in [2.05, 4.69) is 23.9 Å². The third-order valence-corrected chi connectivity index (χ3v) is 3.33. The summed E-state index contributed by atoms with van der Waals surface area (Å²) in [5.74, 6) is -6.36. The lowest BCUT2D eigenvalue weighted by molar-refractivity contribution is 0.411. The Balaban J connectivity index is 2.26. The molecule has 2 aromatic rings. The van der Waals surface area contributed by atoms with E-state index in [1.807, 2.05) is 17.6 Å². The molecule has 3 nitrogen and oxygen atoms in total. The van der Waals surface area contributed by atoms with Crippen LogP contribution in [0.1, 0.15) is 37.8 Å². The highest BCUT2D eigenvalue weighted by atomic mass is 19.2. The van der Waals surface area contributed by atoms with Crippen molar-refractivity contribution in [1.82, 2.24) is 4.98 Å². The van der Waals surface area contributed by atoms with Gasteiger partial charge in [0.2, 0.25) is 11.6 Å². The average molecular weight is 325 g/mol. The van der Waals surface area contributed by atoms with Gasteiger partial charge in [-0.25, -0.2) is 0 Å². The quantitative estimate of drug-likeness (QED) is 0.386. The molecule has 23 heavy (non-hydrogen) atoms. The summed E-state index contributed by atoms with van der Waals surface area (Å²) in [4.78, 5) is 2.47. The molecule has 0 amide bonds. The Morgan fingerprint density at radius 1 is 1.00 bits per heavy atom. The van der Waals surface area contributed by atoms with Gasteiger partial charge in [-0.05, 0) is 24.0 Å². The highest BCUT2D eigenvalue weighted by Crippen LogP contribution is 2.22.